The smallest absolute Gasteiger partial charge is 0.126 e. The number of aryl methyl sites for hydroxylation is 1. The summed E-state index contributed by atoms with van der Waals surface area (Å²) in [7, 11) is 0. The predicted molar refractivity (Wildman–Crippen MR) is 67.6 cm³/mol. The number of aromatic nitrogens is 1. The molecule has 0 atom stereocenters. The van der Waals surface area contributed by atoms with Crippen LogP contribution in [-0.2, 0) is 6.54 Å². The van der Waals surface area contributed by atoms with Gasteiger partial charge in [0.15, 0.2) is 0 Å². The number of nitrogens with zero attached hydrogens (tertiary/aromatic N) is 1. The van der Waals surface area contributed by atoms with Crippen LogP contribution in [0.4, 0.5) is 5.82 Å². The summed E-state index contributed by atoms with van der Waals surface area (Å²) in [5.41, 5.74) is 2.40. The standard InChI is InChI=1S/C13H21N3/c1-9(2)14-8-11-6-10(3)15-13(7-11)16-12-4-5-12/h6-7,9,12,14H,4-5,8H2,1-3H3,(H,15,16). The normalized spacial score (nSPS) is 15.5. The van der Waals surface area contributed by atoms with Gasteiger partial charge in [-0.05, 0) is 37.5 Å². The molecule has 0 saturated heterocycles. The fourth-order valence-corrected chi connectivity index (χ4v) is 1.67. The molecule has 1 fully saturated rings. The van der Waals surface area contributed by atoms with E-state index in [0.717, 1.165) is 18.1 Å². The van der Waals surface area contributed by atoms with Gasteiger partial charge in [0.25, 0.3) is 0 Å². The Labute approximate surface area is 97.7 Å². The highest BCUT2D eigenvalue weighted by molar-refractivity contribution is 5.41. The second-order valence-corrected chi connectivity index (χ2v) is 4.96. The molecule has 0 aliphatic heterocycles. The maximum absolute atomic E-state index is 4.50. The first-order valence-corrected chi connectivity index (χ1v) is 6.11. The van der Waals surface area contributed by atoms with E-state index in [1.807, 2.05) is 0 Å². The Morgan fingerprint density at radius 3 is 2.75 bits per heavy atom. The maximum atomic E-state index is 4.50. The topological polar surface area (TPSA) is 37.0 Å². The van der Waals surface area contributed by atoms with Gasteiger partial charge in [0.05, 0.1) is 0 Å². The molecule has 0 aromatic carbocycles. The number of nitrogens with one attached hydrogen (secondary N) is 2. The van der Waals surface area contributed by atoms with E-state index >= 15 is 0 Å². The molecule has 2 rings (SSSR count). The molecule has 3 heteroatoms. The van der Waals surface area contributed by atoms with Crippen molar-refractivity contribution >= 4 is 5.82 Å². The summed E-state index contributed by atoms with van der Waals surface area (Å²) in [6.07, 6.45) is 2.57. The largest absolute Gasteiger partial charge is 0.367 e. The van der Waals surface area contributed by atoms with Gasteiger partial charge in [-0.2, -0.15) is 0 Å². The van der Waals surface area contributed by atoms with Gasteiger partial charge in [-0.3, -0.25) is 0 Å². The molecule has 2 N–H and O–H groups in total. The number of pyridine rings is 1. The van der Waals surface area contributed by atoms with Gasteiger partial charge < -0.3 is 10.6 Å². The van der Waals surface area contributed by atoms with Gasteiger partial charge >= 0.3 is 0 Å². The summed E-state index contributed by atoms with van der Waals surface area (Å²) in [5.74, 6) is 1.03. The molecule has 0 spiro atoms. The fraction of sp³-hybridized carbons (Fsp3) is 0.615. The van der Waals surface area contributed by atoms with E-state index in [-0.39, 0.29) is 0 Å². The molecule has 1 heterocycles. The van der Waals surface area contributed by atoms with Crippen LogP contribution in [0.3, 0.4) is 0 Å². The van der Waals surface area contributed by atoms with Gasteiger partial charge in [-0.15, -0.1) is 0 Å². The van der Waals surface area contributed by atoms with Gasteiger partial charge in [-0.1, -0.05) is 13.8 Å². The molecule has 1 aromatic heterocycles. The van der Waals surface area contributed by atoms with Gasteiger partial charge in [0.2, 0.25) is 0 Å². The molecule has 0 radical (unpaired) electrons. The lowest BCUT2D eigenvalue weighted by Crippen LogP contribution is -2.22. The van der Waals surface area contributed by atoms with Crippen LogP contribution in [0.5, 0.6) is 0 Å². The summed E-state index contributed by atoms with van der Waals surface area (Å²) in [5, 5.41) is 6.88. The first-order valence-electron chi connectivity index (χ1n) is 6.11. The Hall–Kier alpha value is -1.09. The van der Waals surface area contributed by atoms with Gasteiger partial charge in [0, 0.05) is 24.3 Å². The van der Waals surface area contributed by atoms with E-state index < -0.39 is 0 Å². The van der Waals surface area contributed by atoms with Gasteiger partial charge in [-0.25, -0.2) is 4.98 Å². The van der Waals surface area contributed by atoms with Crippen molar-refractivity contribution in [1.82, 2.24) is 10.3 Å². The SMILES string of the molecule is Cc1cc(CNC(C)C)cc(NC2CC2)n1. The number of hydrogen-bond donors (Lipinski definition) is 2. The highest BCUT2D eigenvalue weighted by Crippen LogP contribution is 2.24. The zero-order valence-corrected chi connectivity index (χ0v) is 10.4. The van der Waals surface area contributed by atoms with E-state index in [0.29, 0.717) is 12.1 Å². The monoisotopic (exact) mass is 219 g/mol. The second-order valence-electron chi connectivity index (χ2n) is 4.96. The quantitative estimate of drug-likeness (QED) is 0.798. The molecule has 1 aliphatic carbocycles. The Morgan fingerprint density at radius 2 is 2.12 bits per heavy atom. The lowest BCUT2D eigenvalue weighted by atomic mass is 10.2. The molecular formula is C13H21N3. The van der Waals surface area contributed by atoms with E-state index in [2.05, 4.69) is 48.5 Å². The highest BCUT2D eigenvalue weighted by atomic mass is 15.0. The van der Waals surface area contributed by atoms with Crippen LogP contribution in [0, 0.1) is 6.92 Å². The van der Waals surface area contributed by atoms with Crippen LogP contribution in [0.15, 0.2) is 12.1 Å². The molecule has 88 valence electrons. The predicted octanol–water partition coefficient (Wildman–Crippen LogP) is 2.46. The summed E-state index contributed by atoms with van der Waals surface area (Å²) in [6.45, 7) is 7.30. The summed E-state index contributed by atoms with van der Waals surface area (Å²) in [4.78, 5) is 4.50. The van der Waals surface area contributed by atoms with Crippen LogP contribution in [0.2, 0.25) is 0 Å². The van der Waals surface area contributed by atoms with Crippen molar-refractivity contribution in [3.8, 4) is 0 Å². The zero-order valence-electron chi connectivity index (χ0n) is 10.4. The van der Waals surface area contributed by atoms with E-state index in [1.54, 1.807) is 0 Å². The van der Waals surface area contributed by atoms with Crippen LogP contribution in [0.25, 0.3) is 0 Å². The summed E-state index contributed by atoms with van der Waals surface area (Å²) >= 11 is 0. The average molecular weight is 219 g/mol. The Balaban J connectivity index is 2.02. The van der Waals surface area contributed by atoms with Crippen molar-refractivity contribution < 1.29 is 0 Å². The lowest BCUT2D eigenvalue weighted by molar-refractivity contribution is 0.588. The summed E-state index contributed by atoms with van der Waals surface area (Å²) < 4.78 is 0. The van der Waals surface area contributed by atoms with E-state index in [9.17, 15) is 0 Å². The van der Waals surface area contributed by atoms with E-state index in [1.165, 1.54) is 18.4 Å². The van der Waals surface area contributed by atoms with Crippen molar-refractivity contribution in [2.75, 3.05) is 5.32 Å². The molecule has 16 heavy (non-hydrogen) atoms. The van der Waals surface area contributed by atoms with Crippen LogP contribution in [0.1, 0.15) is 37.9 Å². The van der Waals surface area contributed by atoms with E-state index in [4.69, 9.17) is 0 Å². The fourth-order valence-electron chi connectivity index (χ4n) is 1.67. The van der Waals surface area contributed by atoms with Crippen molar-refractivity contribution in [2.45, 2.75) is 52.2 Å². The van der Waals surface area contributed by atoms with Crippen molar-refractivity contribution in [3.05, 3.63) is 23.4 Å². The Kier molecular flexibility index (Phi) is 3.44. The third-order valence-corrected chi connectivity index (χ3v) is 2.66. The summed E-state index contributed by atoms with van der Waals surface area (Å²) in [6, 6.07) is 5.49. The van der Waals surface area contributed by atoms with Crippen molar-refractivity contribution in [1.29, 1.82) is 0 Å². The second kappa shape index (κ2) is 4.83. The maximum Gasteiger partial charge on any atom is 0.126 e. The molecule has 0 unspecified atom stereocenters. The van der Waals surface area contributed by atoms with Crippen molar-refractivity contribution in [3.63, 3.8) is 0 Å². The first kappa shape index (κ1) is 11.4. The van der Waals surface area contributed by atoms with Gasteiger partial charge in [0.1, 0.15) is 5.82 Å². The van der Waals surface area contributed by atoms with Crippen molar-refractivity contribution in [2.24, 2.45) is 0 Å². The minimum absolute atomic E-state index is 0.522. The Bertz CT molecular complexity index is 356. The number of hydrogen-bond acceptors (Lipinski definition) is 3. The van der Waals surface area contributed by atoms with Crippen LogP contribution < -0.4 is 10.6 Å². The average Bonchev–Trinajstić information content (AvgIpc) is 2.98. The molecule has 1 aromatic rings. The van der Waals surface area contributed by atoms with Crippen LogP contribution in [-0.4, -0.2) is 17.1 Å². The first-order chi connectivity index (χ1) is 7.63. The molecule has 0 amide bonds. The third-order valence-electron chi connectivity index (χ3n) is 2.66. The minimum Gasteiger partial charge on any atom is -0.367 e. The molecular weight excluding hydrogens is 198 g/mol. The third kappa shape index (κ3) is 3.49. The number of rotatable bonds is 5. The number of anilines is 1. The lowest BCUT2D eigenvalue weighted by Gasteiger charge is -2.11. The minimum atomic E-state index is 0.522. The highest BCUT2D eigenvalue weighted by Gasteiger charge is 2.21. The molecule has 0 bridgehead atoms. The molecule has 1 saturated carbocycles. The zero-order chi connectivity index (χ0) is 11.5. The van der Waals surface area contributed by atoms with Crippen LogP contribution >= 0.6 is 0 Å². The molecule has 1 aliphatic rings. The molecule has 3 nitrogen and oxygen atoms in total. The Morgan fingerprint density at radius 1 is 1.38 bits per heavy atom.